The maximum absolute atomic E-state index is 13.0. The lowest BCUT2D eigenvalue weighted by molar-refractivity contribution is 0.0957. The molecule has 3 rings (SSSR count). The number of halogens is 2. The number of sulfonamides is 1. The van der Waals surface area contributed by atoms with Gasteiger partial charge in [0.15, 0.2) is 0 Å². The minimum absolute atomic E-state index is 0.162. The molecule has 0 aliphatic rings. The number of rotatable bonds is 9. The topological polar surface area (TPSA) is 66.5 Å². The van der Waals surface area contributed by atoms with E-state index >= 15 is 0 Å². The minimum atomic E-state index is -3.79. The van der Waals surface area contributed by atoms with Gasteiger partial charge in [0, 0.05) is 35.1 Å². The van der Waals surface area contributed by atoms with Crippen LogP contribution in [0.15, 0.2) is 77.7 Å². The van der Waals surface area contributed by atoms with Crippen LogP contribution in [0.2, 0.25) is 10.0 Å². The lowest BCUT2D eigenvalue weighted by atomic mass is 10.1. The Bertz CT molecular complexity index is 1190. The molecule has 0 aliphatic heterocycles. The van der Waals surface area contributed by atoms with Crippen molar-refractivity contribution >= 4 is 56.6 Å². The Labute approximate surface area is 202 Å². The summed E-state index contributed by atoms with van der Waals surface area (Å²) in [5, 5.41) is 4.07. The van der Waals surface area contributed by atoms with Crippen LogP contribution in [0, 0.1) is 0 Å². The van der Waals surface area contributed by atoms with Gasteiger partial charge in [0.2, 0.25) is 0 Å². The molecule has 1 N–H and O–H groups in total. The molecule has 0 radical (unpaired) electrons. The van der Waals surface area contributed by atoms with E-state index in [0.29, 0.717) is 39.3 Å². The van der Waals surface area contributed by atoms with E-state index < -0.39 is 10.0 Å². The second-order valence-corrected chi connectivity index (χ2v) is 10.8. The zero-order chi connectivity index (χ0) is 23.1. The van der Waals surface area contributed by atoms with Crippen LogP contribution in [0.1, 0.15) is 15.9 Å². The van der Waals surface area contributed by atoms with Gasteiger partial charge in [-0.15, -0.1) is 0 Å². The molecule has 0 saturated heterocycles. The van der Waals surface area contributed by atoms with Gasteiger partial charge in [-0.25, -0.2) is 8.42 Å². The van der Waals surface area contributed by atoms with Gasteiger partial charge in [0.1, 0.15) is 0 Å². The maximum Gasteiger partial charge on any atom is 0.264 e. The molecule has 0 spiro atoms. The second kappa shape index (κ2) is 11.1. The summed E-state index contributed by atoms with van der Waals surface area (Å²) in [4.78, 5) is 12.9. The Morgan fingerprint density at radius 1 is 1.00 bits per heavy atom. The molecule has 1 amide bonds. The van der Waals surface area contributed by atoms with Crippen LogP contribution in [0.5, 0.6) is 0 Å². The van der Waals surface area contributed by atoms with Gasteiger partial charge < -0.3 is 5.32 Å². The number of hydrogen-bond donors (Lipinski definition) is 1. The lowest BCUT2D eigenvalue weighted by Crippen LogP contribution is -2.31. The number of para-hydroxylation sites is 1. The molecular formula is C23H22Cl2N2O3S2. The molecule has 0 unspecified atom stereocenters. The molecule has 32 heavy (non-hydrogen) atoms. The Balaban J connectivity index is 1.62. The van der Waals surface area contributed by atoms with E-state index in [4.69, 9.17) is 23.2 Å². The number of nitrogens with one attached hydrogen (secondary N) is 1. The minimum Gasteiger partial charge on any atom is -0.351 e. The fraction of sp³-hybridized carbons (Fsp3) is 0.174. The summed E-state index contributed by atoms with van der Waals surface area (Å²) in [6, 6.07) is 20.1. The molecule has 168 valence electrons. The Kier molecular flexibility index (Phi) is 8.48. The first-order valence-corrected chi connectivity index (χ1v) is 13.1. The number of benzene rings is 3. The van der Waals surface area contributed by atoms with Gasteiger partial charge in [-0.05, 0) is 42.0 Å². The number of hydrogen-bond acceptors (Lipinski definition) is 4. The first-order chi connectivity index (χ1) is 15.3. The highest BCUT2D eigenvalue weighted by molar-refractivity contribution is 7.98. The van der Waals surface area contributed by atoms with E-state index in [0.717, 1.165) is 9.87 Å². The molecule has 0 saturated carbocycles. The summed E-state index contributed by atoms with van der Waals surface area (Å²) in [7, 11) is -2.34. The van der Waals surface area contributed by atoms with Gasteiger partial charge in [0.25, 0.3) is 15.9 Å². The summed E-state index contributed by atoms with van der Waals surface area (Å²) in [6.45, 7) is 0.429. The van der Waals surface area contributed by atoms with Crippen LogP contribution in [-0.2, 0) is 15.8 Å². The zero-order valence-electron chi connectivity index (χ0n) is 17.3. The van der Waals surface area contributed by atoms with Crippen molar-refractivity contribution in [1.29, 1.82) is 0 Å². The number of carbonyl (C=O) groups excluding carboxylic acids is 1. The van der Waals surface area contributed by atoms with E-state index in [9.17, 15) is 13.2 Å². The average molecular weight is 509 g/mol. The Hall–Kier alpha value is -2.19. The predicted molar refractivity (Wildman–Crippen MR) is 133 cm³/mol. The van der Waals surface area contributed by atoms with Crippen LogP contribution in [-0.4, -0.2) is 33.7 Å². The predicted octanol–water partition coefficient (Wildman–Crippen LogP) is 5.48. The molecular weight excluding hydrogens is 487 g/mol. The van der Waals surface area contributed by atoms with Crippen molar-refractivity contribution in [2.75, 3.05) is 23.7 Å². The molecule has 0 atom stereocenters. The third kappa shape index (κ3) is 5.98. The molecule has 0 aliphatic carbocycles. The molecule has 0 heterocycles. The van der Waals surface area contributed by atoms with Crippen LogP contribution in [0.25, 0.3) is 0 Å². The van der Waals surface area contributed by atoms with Gasteiger partial charge >= 0.3 is 0 Å². The lowest BCUT2D eigenvalue weighted by Gasteiger charge is -2.22. The van der Waals surface area contributed by atoms with Crippen LogP contribution < -0.4 is 9.62 Å². The van der Waals surface area contributed by atoms with Crippen molar-refractivity contribution in [2.45, 2.75) is 10.6 Å². The molecule has 5 nitrogen and oxygen atoms in total. The highest BCUT2D eigenvalue weighted by Gasteiger charge is 2.24. The van der Waals surface area contributed by atoms with E-state index in [-0.39, 0.29) is 10.8 Å². The van der Waals surface area contributed by atoms with Crippen molar-refractivity contribution in [1.82, 2.24) is 5.32 Å². The summed E-state index contributed by atoms with van der Waals surface area (Å²) in [5.74, 6) is 1.03. The van der Waals surface area contributed by atoms with E-state index in [2.05, 4.69) is 5.32 Å². The van der Waals surface area contributed by atoms with E-state index in [1.165, 1.54) is 19.2 Å². The van der Waals surface area contributed by atoms with E-state index in [1.807, 2.05) is 6.07 Å². The van der Waals surface area contributed by atoms with Crippen LogP contribution in [0.3, 0.4) is 0 Å². The summed E-state index contributed by atoms with van der Waals surface area (Å²) < 4.78 is 27.1. The van der Waals surface area contributed by atoms with Gasteiger partial charge in [-0.2, -0.15) is 11.8 Å². The third-order valence-corrected chi connectivity index (χ3v) is 8.07. The second-order valence-electron chi connectivity index (χ2n) is 6.85. The molecule has 3 aromatic rings. The van der Waals surface area contributed by atoms with Crippen molar-refractivity contribution in [3.05, 3.63) is 94.0 Å². The Morgan fingerprint density at radius 2 is 1.69 bits per heavy atom. The van der Waals surface area contributed by atoms with Crippen LogP contribution in [0.4, 0.5) is 5.69 Å². The number of carbonyl (C=O) groups is 1. The van der Waals surface area contributed by atoms with Crippen molar-refractivity contribution in [3.8, 4) is 0 Å². The first-order valence-electron chi connectivity index (χ1n) is 9.73. The molecule has 0 fully saturated rings. The fourth-order valence-corrected chi connectivity index (χ4v) is 5.63. The van der Waals surface area contributed by atoms with Crippen molar-refractivity contribution in [3.63, 3.8) is 0 Å². The molecule has 9 heteroatoms. The molecule has 0 bridgehead atoms. The van der Waals surface area contributed by atoms with Gasteiger partial charge in [-0.3, -0.25) is 9.10 Å². The SMILES string of the molecule is CN(c1ccccc1C(=O)NCCSCc1ccc(Cl)cc1Cl)S(=O)(=O)c1ccccc1. The van der Waals surface area contributed by atoms with Gasteiger partial charge in [0.05, 0.1) is 16.1 Å². The summed E-state index contributed by atoms with van der Waals surface area (Å²) in [5.41, 5.74) is 1.58. The normalized spacial score (nSPS) is 11.2. The van der Waals surface area contributed by atoms with Crippen molar-refractivity contribution < 1.29 is 13.2 Å². The highest BCUT2D eigenvalue weighted by atomic mass is 35.5. The third-order valence-electron chi connectivity index (χ3n) is 4.69. The largest absolute Gasteiger partial charge is 0.351 e. The standard InChI is InChI=1S/C23H22Cl2N2O3S2/c1-27(32(29,30)19-7-3-2-4-8-19)22-10-6-5-9-20(22)23(28)26-13-14-31-16-17-11-12-18(24)15-21(17)25/h2-12,15H,13-14,16H2,1H3,(H,26,28). The summed E-state index contributed by atoms with van der Waals surface area (Å²) in [6.07, 6.45) is 0. The Morgan fingerprint density at radius 3 is 2.41 bits per heavy atom. The number of anilines is 1. The monoisotopic (exact) mass is 508 g/mol. The number of nitrogens with zero attached hydrogens (tertiary/aromatic N) is 1. The number of thioether (sulfide) groups is 1. The zero-order valence-corrected chi connectivity index (χ0v) is 20.4. The highest BCUT2D eigenvalue weighted by Crippen LogP contribution is 2.26. The molecule has 0 aromatic heterocycles. The smallest absolute Gasteiger partial charge is 0.264 e. The quantitative estimate of drug-likeness (QED) is 0.388. The summed E-state index contributed by atoms with van der Waals surface area (Å²) >= 11 is 13.7. The molecule has 3 aromatic carbocycles. The fourth-order valence-electron chi connectivity index (χ4n) is 2.97. The first kappa shape index (κ1) is 24.5. The maximum atomic E-state index is 13.0. The average Bonchev–Trinajstić information content (AvgIpc) is 2.80. The van der Waals surface area contributed by atoms with Crippen LogP contribution >= 0.6 is 35.0 Å². The number of amides is 1. The van der Waals surface area contributed by atoms with Gasteiger partial charge in [-0.1, -0.05) is 59.6 Å². The van der Waals surface area contributed by atoms with Crippen molar-refractivity contribution in [2.24, 2.45) is 0 Å². The van der Waals surface area contributed by atoms with E-state index in [1.54, 1.807) is 66.4 Å².